The van der Waals surface area contributed by atoms with Crippen LogP contribution in [0, 0.1) is 0 Å². The molecule has 2 atom stereocenters. The minimum Gasteiger partial charge on any atom is -0.494 e. The second-order valence-corrected chi connectivity index (χ2v) is 7.93. The number of nitrogens with zero attached hydrogens (tertiary/aromatic N) is 5. The zero-order valence-corrected chi connectivity index (χ0v) is 17.3. The van der Waals surface area contributed by atoms with Crippen LogP contribution in [0.3, 0.4) is 0 Å². The standard InChI is InChI=1S/C22H21F3N6O/c1-32-17-4-2-3-13-5-7-16(27-19(13)17)21-29-28-18-8-6-14(11-31(18)21)20(22(23,24)25)30-10-9-15(26)12-30/h2-8,11,15,20H,9-10,12,26H2,1H3. The average molecular weight is 442 g/mol. The number of alkyl halides is 3. The van der Waals surface area contributed by atoms with Crippen molar-refractivity contribution in [2.24, 2.45) is 5.73 Å². The highest BCUT2D eigenvalue weighted by atomic mass is 19.4. The number of para-hydroxylation sites is 1. The summed E-state index contributed by atoms with van der Waals surface area (Å²) in [5.74, 6) is 0.954. The summed E-state index contributed by atoms with van der Waals surface area (Å²) in [6.45, 7) is 0.494. The molecule has 1 aliphatic rings. The van der Waals surface area contributed by atoms with Crippen LogP contribution < -0.4 is 10.5 Å². The molecule has 32 heavy (non-hydrogen) atoms. The van der Waals surface area contributed by atoms with E-state index in [0.29, 0.717) is 41.4 Å². The summed E-state index contributed by atoms with van der Waals surface area (Å²) in [7, 11) is 1.56. The lowest BCUT2D eigenvalue weighted by molar-refractivity contribution is -0.183. The lowest BCUT2D eigenvalue weighted by atomic mass is 10.1. The first-order chi connectivity index (χ1) is 15.3. The Labute approximate surface area is 181 Å². The van der Waals surface area contributed by atoms with Gasteiger partial charge in [-0.3, -0.25) is 9.30 Å². The molecule has 2 N–H and O–H groups in total. The van der Waals surface area contributed by atoms with E-state index >= 15 is 0 Å². The van der Waals surface area contributed by atoms with Gasteiger partial charge in [0.15, 0.2) is 11.5 Å². The van der Waals surface area contributed by atoms with Gasteiger partial charge in [-0.1, -0.05) is 24.3 Å². The third-order valence-electron chi connectivity index (χ3n) is 5.80. The molecule has 1 aromatic carbocycles. The van der Waals surface area contributed by atoms with E-state index < -0.39 is 12.2 Å². The van der Waals surface area contributed by atoms with Crippen molar-refractivity contribution in [1.29, 1.82) is 0 Å². The highest BCUT2D eigenvalue weighted by molar-refractivity contribution is 5.86. The van der Waals surface area contributed by atoms with Crippen LogP contribution in [-0.2, 0) is 0 Å². The van der Waals surface area contributed by atoms with Crippen LogP contribution in [0.15, 0.2) is 48.7 Å². The Bertz CT molecular complexity index is 1290. The molecule has 7 nitrogen and oxygen atoms in total. The normalized spacial score (nSPS) is 18.5. The number of halogens is 3. The highest BCUT2D eigenvalue weighted by Gasteiger charge is 2.46. The maximum Gasteiger partial charge on any atom is 0.408 e. The average Bonchev–Trinajstić information content (AvgIpc) is 3.38. The van der Waals surface area contributed by atoms with Crippen molar-refractivity contribution in [3.63, 3.8) is 0 Å². The highest BCUT2D eigenvalue weighted by Crippen LogP contribution is 2.39. The van der Waals surface area contributed by atoms with Crippen molar-refractivity contribution >= 4 is 16.6 Å². The van der Waals surface area contributed by atoms with Crippen molar-refractivity contribution in [2.75, 3.05) is 20.2 Å². The Morgan fingerprint density at radius 1 is 1.12 bits per heavy atom. The minimum absolute atomic E-state index is 0.110. The smallest absolute Gasteiger partial charge is 0.408 e. The summed E-state index contributed by atoms with van der Waals surface area (Å²) in [6.07, 6.45) is -2.46. The summed E-state index contributed by atoms with van der Waals surface area (Å²) < 4.78 is 49.1. The van der Waals surface area contributed by atoms with Crippen molar-refractivity contribution in [1.82, 2.24) is 24.5 Å². The van der Waals surface area contributed by atoms with Crippen molar-refractivity contribution in [3.8, 4) is 17.3 Å². The molecule has 1 saturated heterocycles. The van der Waals surface area contributed by atoms with E-state index in [4.69, 9.17) is 10.5 Å². The number of benzene rings is 1. The van der Waals surface area contributed by atoms with Crippen LogP contribution in [0.4, 0.5) is 13.2 Å². The van der Waals surface area contributed by atoms with E-state index in [2.05, 4.69) is 15.2 Å². The fraction of sp³-hybridized carbons (Fsp3) is 0.318. The van der Waals surface area contributed by atoms with Crippen LogP contribution in [0.25, 0.3) is 28.1 Å². The number of pyridine rings is 2. The van der Waals surface area contributed by atoms with E-state index in [0.717, 1.165) is 5.39 Å². The molecule has 0 saturated carbocycles. The Morgan fingerprint density at radius 2 is 1.97 bits per heavy atom. The van der Waals surface area contributed by atoms with Gasteiger partial charge < -0.3 is 10.5 Å². The van der Waals surface area contributed by atoms with E-state index in [1.54, 1.807) is 29.7 Å². The van der Waals surface area contributed by atoms with E-state index in [-0.39, 0.29) is 18.2 Å². The number of fused-ring (bicyclic) bond motifs is 2. The topological polar surface area (TPSA) is 81.6 Å². The van der Waals surface area contributed by atoms with Gasteiger partial charge in [-0.25, -0.2) is 4.98 Å². The van der Waals surface area contributed by atoms with Gasteiger partial charge in [0.05, 0.1) is 7.11 Å². The Kier molecular flexibility index (Phi) is 4.98. The molecule has 1 fully saturated rings. The lowest BCUT2D eigenvalue weighted by Crippen LogP contribution is -2.38. The summed E-state index contributed by atoms with van der Waals surface area (Å²) >= 11 is 0. The molecule has 5 rings (SSSR count). The largest absolute Gasteiger partial charge is 0.494 e. The van der Waals surface area contributed by atoms with Crippen molar-refractivity contribution in [3.05, 3.63) is 54.2 Å². The number of methoxy groups -OCH3 is 1. The van der Waals surface area contributed by atoms with Gasteiger partial charge in [0.2, 0.25) is 0 Å². The molecular weight excluding hydrogens is 421 g/mol. The number of ether oxygens (including phenoxy) is 1. The van der Waals surface area contributed by atoms with Gasteiger partial charge in [-0.05, 0) is 30.2 Å². The molecule has 4 aromatic rings. The summed E-state index contributed by atoms with van der Waals surface area (Å²) in [5.41, 5.74) is 7.54. The molecule has 10 heteroatoms. The van der Waals surface area contributed by atoms with Crippen molar-refractivity contribution in [2.45, 2.75) is 24.7 Å². The minimum atomic E-state index is -4.44. The quantitative estimate of drug-likeness (QED) is 0.520. The first kappa shape index (κ1) is 20.7. The second kappa shape index (κ2) is 7.72. The van der Waals surface area contributed by atoms with E-state index in [1.807, 2.05) is 18.2 Å². The first-order valence-corrected chi connectivity index (χ1v) is 10.2. The predicted molar refractivity (Wildman–Crippen MR) is 113 cm³/mol. The molecule has 1 aliphatic heterocycles. The summed E-state index contributed by atoms with van der Waals surface area (Å²) in [6, 6.07) is 10.2. The molecule has 0 amide bonds. The number of hydrogen-bond acceptors (Lipinski definition) is 6. The molecule has 2 unspecified atom stereocenters. The molecular formula is C22H21F3N6O. The third kappa shape index (κ3) is 3.55. The van der Waals surface area contributed by atoms with Crippen LogP contribution in [0.5, 0.6) is 5.75 Å². The molecule has 0 spiro atoms. The number of hydrogen-bond donors (Lipinski definition) is 1. The SMILES string of the molecule is COc1cccc2ccc(-c3nnc4ccc(C(N5CCC(N)C5)C(F)(F)F)cn34)nc12. The van der Waals surface area contributed by atoms with E-state index in [1.165, 1.54) is 17.2 Å². The molecule has 3 aromatic heterocycles. The Hall–Kier alpha value is -3.24. The summed E-state index contributed by atoms with van der Waals surface area (Å²) in [5, 5.41) is 9.19. The number of nitrogens with two attached hydrogens (primary N) is 1. The molecule has 166 valence electrons. The molecule has 0 bridgehead atoms. The number of likely N-dealkylation sites (tertiary alicyclic amines) is 1. The van der Waals surface area contributed by atoms with Crippen LogP contribution in [0.1, 0.15) is 18.0 Å². The van der Waals surface area contributed by atoms with Gasteiger partial charge in [0, 0.05) is 30.7 Å². The zero-order chi connectivity index (χ0) is 22.5. The zero-order valence-electron chi connectivity index (χ0n) is 17.3. The van der Waals surface area contributed by atoms with Gasteiger partial charge >= 0.3 is 6.18 Å². The predicted octanol–water partition coefficient (Wildman–Crippen LogP) is 3.59. The van der Waals surface area contributed by atoms with Gasteiger partial charge in [-0.15, -0.1) is 10.2 Å². The number of rotatable bonds is 4. The monoisotopic (exact) mass is 442 g/mol. The molecule has 0 aliphatic carbocycles. The maximum atomic E-state index is 14.0. The second-order valence-electron chi connectivity index (χ2n) is 7.93. The molecule has 4 heterocycles. The molecule has 0 radical (unpaired) electrons. The Morgan fingerprint density at radius 3 is 2.69 bits per heavy atom. The van der Waals surface area contributed by atoms with Crippen LogP contribution >= 0.6 is 0 Å². The lowest BCUT2D eigenvalue weighted by Gasteiger charge is -2.30. The van der Waals surface area contributed by atoms with Gasteiger partial charge in [0.25, 0.3) is 0 Å². The fourth-order valence-corrected chi connectivity index (χ4v) is 4.31. The van der Waals surface area contributed by atoms with Crippen LogP contribution in [0.2, 0.25) is 0 Å². The third-order valence-corrected chi connectivity index (χ3v) is 5.80. The Balaban J connectivity index is 1.62. The van der Waals surface area contributed by atoms with Crippen molar-refractivity contribution < 1.29 is 17.9 Å². The number of aromatic nitrogens is 4. The van der Waals surface area contributed by atoms with Gasteiger partial charge in [0.1, 0.15) is 23.0 Å². The first-order valence-electron chi connectivity index (χ1n) is 10.2. The van der Waals surface area contributed by atoms with Gasteiger partial charge in [-0.2, -0.15) is 13.2 Å². The van der Waals surface area contributed by atoms with E-state index in [9.17, 15) is 13.2 Å². The van der Waals surface area contributed by atoms with Crippen LogP contribution in [-0.4, -0.2) is 56.9 Å². The summed E-state index contributed by atoms with van der Waals surface area (Å²) in [4.78, 5) is 6.04. The fourth-order valence-electron chi connectivity index (χ4n) is 4.31. The maximum absolute atomic E-state index is 14.0.